The predicted octanol–water partition coefficient (Wildman–Crippen LogP) is 1.32. The van der Waals surface area contributed by atoms with E-state index in [1.165, 1.54) is 12.1 Å². The highest BCUT2D eigenvalue weighted by Crippen LogP contribution is 2.31. The van der Waals surface area contributed by atoms with Crippen molar-refractivity contribution < 1.29 is 0 Å². The molecule has 3 rings (SSSR count). The lowest BCUT2D eigenvalue weighted by molar-refractivity contribution is 0.257. The summed E-state index contributed by atoms with van der Waals surface area (Å²) in [6.45, 7) is 2.93. The summed E-state index contributed by atoms with van der Waals surface area (Å²) < 4.78 is 2.63. The summed E-state index contributed by atoms with van der Waals surface area (Å²) in [4.78, 5) is 11.9. The van der Waals surface area contributed by atoms with Crippen molar-refractivity contribution in [2.24, 2.45) is 5.92 Å². The summed E-state index contributed by atoms with van der Waals surface area (Å²) in [5.74, 6) is 1.15. The molecule has 15 heavy (non-hydrogen) atoms. The lowest BCUT2D eigenvalue weighted by Crippen LogP contribution is -2.44. The third-order valence-electron chi connectivity index (χ3n) is 3.46. The SMILES string of the molecule is O=c1c(Br)ccc2n1C[C@@H]1CNC[C@H]2C1. The molecule has 0 aliphatic carbocycles. The molecule has 2 aliphatic heterocycles. The monoisotopic (exact) mass is 268 g/mol. The van der Waals surface area contributed by atoms with Gasteiger partial charge < -0.3 is 9.88 Å². The largest absolute Gasteiger partial charge is 0.316 e. The van der Waals surface area contributed by atoms with Crippen molar-refractivity contribution in [2.75, 3.05) is 13.1 Å². The van der Waals surface area contributed by atoms with Crippen LogP contribution in [0.5, 0.6) is 0 Å². The Morgan fingerprint density at radius 3 is 3.13 bits per heavy atom. The Bertz CT molecular complexity index is 454. The van der Waals surface area contributed by atoms with E-state index >= 15 is 0 Å². The summed E-state index contributed by atoms with van der Waals surface area (Å²) in [7, 11) is 0. The number of piperidine rings is 1. The van der Waals surface area contributed by atoms with Gasteiger partial charge in [-0.25, -0.2) is 0 Å². The Morgan fingerprint density at radius 2 is 2.27 bits per heavy atom. The molecule has 4 heteroatoms. The maximum absolute atomic E-state index is 11.9. The molecule has 80 valence electrons. The number of rotatable bonds is 0. The Balaban J connectivity index is 2.17. The molecule has 0 spiro atoms. The number of fused-ring (bicyclic) bond motifs is 4. The van der Waals surface area contributed by atoms with Gasteiger partial charge in [-0.1, -0.05) is 0 Å². The molecule has 3 nitrogen and oxygen atoms in total. The van der Waals surface area contributed by atoms with Crippen molar-refractivity contribution in [1.82, 2.24) is 9.88 Å². The van der Waals surface area contributed by atoms with Gasteiger partial charge in [0.05, 0.1) is 4.47 Å². The summed E-state index contributed by atoms with van der Waals surface area (Å²) in [5.41, 5.74) is 1.33. The van der Waals surface area contributed by atoms with E-state index in [0.29, 0.717) is 16.3 Å². The van der Waals surface area contributed by atoms with Gasteiger partial charge in [-0.15, -0.1) is 0 Å². The van der Waals surface area contributed by atoms with Crippen LogP contribution in [0.2, 0.25) is 0 Å². The van der Waals surface area contributed by atoms with Gasteiger partial charge in [0, 0.05) is 24.7 Å². The zero-order valence-electron chi connectivity index (χ0n) is 8.37. The fraction of sp³-hybridized carbons (Fsp3) is 0.545. The summed E-state index contributed by atoms with van der Waals surface area (Å²) in [6.07, 6.45) is 1.23. The van der Waals surface area contributed by atoms with Crippen molar-refractivity contribution in [3.05, 3.63) is 32.7 Å². The maximum atomic E-state index is 11.9. The molecule has 2 aliphatic rings. The number of nitrogens with zero attached hydrogens (tertiary/aromatic N) is 1. The first-order valence-electron chi connectivity index (χ1n) is 5.35. The zero-order chi connectivity index (χ0) is 10.4. The quantitative estimate of drug-likeness (QED) is 0.770. The second-order valence-electron chi connectivity index (χ2n) is 4.48. The van der Waals surface area contributed by atoms with Crippen molar-refractivity contribution >= 4 is 15.9 Å². The lowest BCUT2D eigenvalue weighted by Gasteiger charge is -2.37. The molecule has 1 N–H and O–H groups in total. The molecule has 0 unspecified atom stereocenters. The number of aromatic nitrogens is 1. The summed E-state index contributed by atoms with van der Waals surface area (Å²) in [6, 6.07) is 3.96. The fourth-order valence-electron chi connectivity index (χ4n) is 2.76. The number of nitrogens with one attached hydrogen (secondary N) is 1. The predicted molar refractivity (Wildman–Crippen MR) is 62.1 cm³/mol. The molecule has 0 amide bonds. The summed E-state index contributed by atoms with van der Waals surface area (Å²) in [5, 5.41) is 3.43. The van der Waals surface area contributed by atoms with Crippen LogP contribution in [0, 0.1) is 5.92 Å². The average Bonchev–Trinajstić information content (AvgIpc) is 2.25. The van der Waals surface area contributed by atoms with Crippen molar-refractivity contribution in [1.29, 1.82) is 0 Å². The van der Waals surface area contributed by atoms with Crippen molar-refractivity contribution in [2.45, 2.75) is 18.9 Å². The highest BCUT2D eigenvalue weighted by Gasteiger charge is 2.30. The molecule has 1 fully saturated rings. The second-order valence-corrected chi connectivity index (χ2v) is 5.33. The Hall–Kier alpha value is -0.610. The molecular weight excluding hydrogens is 256 g/mol. The molecule has 0 saturated carbocycles. The third kappa shape index (κ3) is 1.47. The Kier molecular flexibility index (Phi) is 2.21. The van der Waals surface area contributed by atoms with Crippen molar-refractivity contribution in [3.8, 4) is 0 Å². The first kappa shape index (κ1) is 9.60. The van der Waals surface area contributed by atoms with Gasteiger partial charge in [0.2, 0.25) is 0 Å². The van der Waals surface area contributed by atoms with Gasteiger partial charge in [-0.2, -0.15) is 0 Å². The number of halogens is 1. The minimum atomic E-state index is 0.129. The minimum Gasteiger partial charge on any atom is -0.316 e. The van der Waals surface area contributed by atoms with E-state index in [-0.39, 0.29) is 5.56 Å². The van der Waals surface area contributed by atoms with Crippen molar-refractivity contribution in [3.63, 3.8) is 0 Å². The van der Waals surface area contributed by atoms with Gasteiger partial charge in [0.1, 0.15) is 0 Å². The zero-order valence-corrected chi connectivity index (χ0v) is 9.96. The first-order valence-corrected chi connectivity index (χ1v) is 6.15. The molecule has 1 saturated heterocycles. The van der Waals surface area contributed by atoms with E-state index in [2.05, 4.69) is 27.3 Å². The second kappa shape index (κ2) is 3.46. The maximum Gasteiger partial charge on any atom is 0.265 e. The average molecular weight is 269 g/mol. The highest BCUT2D eigenvalue weighted by atomic mass is 79.9. The van der Waals surface area contributed by atoms with Gasteiger partial charge >= 0.3 is 0 Å². The van der Waals surface area contributed by atoms with Crippen LogP contribution >= 0.6 is 15.9 Å². The fourth-order valence-corrected chi connectivity index (χ4v) is 3.11. The summed E-state index contributed by atoms with van der Waals surface area (Å²) >= 11 is 3.31. The normalized spacial score (nSPS) is 28.6. The van der Waals surface area contributed by atoms with Crippen LogP contribution in [0.25, 0.3) is 0 Å². The smallest absolute Gasteiger partial charge is 0.265 e. The van der Waals surface area contributed by atoms with E-state index in [0.717, 1.165) is 19.6 Å². The van der Waals surface area contributed by atoms with E-state index in [9.17, 15) is 4.79 Å². The molecule has 0 aromatic carbocycles. The van der Waals surface area contributed by atoms with Crippen LogP contribution in [0.3, 0.4) is 0 Å². The topological polar surface area (TPSA) is 34.0 Å². The van der Waals surface area contributed by atoms with Crippen LogP contribution < -0.4 is 10.9 Å². The van der Waals surface area contributed by atoms with Gasteiger partial charge in [0.15, 0.2) is 0 Å². The van der Waals surface area contributed by atoms with E-state index < -0.39 is 0 Å². The molecule has 3 heterocycles. The number of pyridine rings is 1. The van der Waals surface area contributed by atoms with Gasteiger partial charge in [-0.3, -0.25) is 4.79 Å². The van der Waals surface area contributed by atoms with E-state index in [1.807, 2.05) is 10.6 Å². The molecule has 1 aromatic heterocycles. The lowest BCUT2D eigenvalue weighted by atomic mass is 9.84. The molecule has 1 aromatic rings. The standard InChI is InChI=1S/C11H13BrN2O/c12-9-1-2-10-8-3-7(4-13-5-8)6-14(10)11(9)15/h1-2,7-8,13H,3-6H2/t7-,8+/m0/s1. The number of hydrogen-bond acceptors (Lipinski definition) is 2. The highest BCUT2D eigenvalue weighted by molar-refractivity contribution is 9.10. The first-order chi connectivity index (χ1) is 7.25. The van der Waals surface area contributed by atoms with E-state index in [4.69, 9.17) is 0 Å². The van der Waals surface area contributed by atoms with Crippen LogP contribution in [-0.2, 0) is 6.54 Å². The van der Waals surface area contributed by atoms with Crippen LogP contribution in [0.1, 0.15) is 18.0 Å². The van der Waals surface area contributed by atoms with Gasteiger partial charge in [0.25, 0.3) is 5.56 Å². The molecule has 2 atom stereocenters. The number of hydrogen-bond donors (Lipinski definition) is 1. The van der Waals surface area contributed by atoms with E-state index in [1.54, 1.807) is 0 Å². The molecule has 2 bridgehead atoms. The molecular formula is C11H13BrN2O. The van der Waals surface area contributed by atoms with Crippen LogP contribution in [0.4, 0.5) is 0 Å². The Morgan fingerprint density at radius 1 is 1.40 bits per heavy atom. The van der Waals surface area contributed by atoms with Crippen LogP contribution in [-0.4, -0.2) is 17.7 Å². The Labute approximate surface area is 96.6 Å². The van der Waals surface area contributed by atoms with Crippen LogP contribution in [0.15, 0.2) is 21.4 Å². The van der Waals surface area contributed by atoms with Gasteiger partial charge in [-0.05, 0) is 46.9 Å². The third-order valence-corrected chi connectivity index (χ3v) is 4.07. The molecule has 0 radical (unpaired) electrons. The minimum absolute atomic E-state index is 0.129.